The molecule has 0 radical (unpaired) electrons. The van der Waals surface area contributed by atoms with Crippen LogP contribution < -0.4 is 5.32 Å². The van der Waals surface area contributed by atoms with Gasteiger partial charge < -0.3 is 15.5 Å². The molecule has 1 aromatic rings. The zero-order valence-corrected chi connectivity index (χ0v) is 12.8. The second-order valence-corrected chi connectivity index (χ2v) is 5.68. The number of hydrogen-bond donors (Lipinski definition) is 3. The quantitative estimate of drug-likeness (QED) is 0.555. The monoisotopic (exact) mass is 329 g/mol. The Balaban J connectivity index is 2.63. The molecule has 1 atom stereocenters. The molecule has 0 bridgehead atoms. The maximum atomic E-state index is 11.9. The maximum absolute atomic E-state index is 11.9. The minimum absolute atomic E-state index is 0.0432. The standard InChI is InChI=1S/C14H20BrNO3/c1-3-9(4-2)12(15)8-16-14(19)11-7-10(17)5-6-13(11)18/h5-7,9,12,17-18H,3-4,8H2,1-2H3,(H,16,19). The summed E-state index contributed by atoms with van der Waals surface area (Å²) in [6, 6.07) is 3.89. The van der Waals surface area contributed by atoms with Gasteiger partial charge in [0.2, 0.25) is 0 Å². The number of halogens is 1. The summed E-state index contributed by atoms with van der Waals surface area (Å²) in [6.45, 7) is 4.72. The van der Waals surface area contributed by atoms with E-state index in [0.29, 0.717) is 12.5 Å². The van der Waals surface area contributed by atoms with Crippen molar-refractivity contribution in [2.75, 3.05) is 6.54 Å². The molecule has 0 heterocycles. The molecule has 0 aromatic heterocycles. The zero-order valence-electron chi connectivity index (χ0n) is 11.2. The van der Waals surface area contributed by atoms with E-state index in [1.807, 2.05) is 0 Å². The van der Waals surface area contributed by atoms with Crippen molar-refractivity contribution in [1.82, 2.24) is 5.32 Å². The molecule has 3 N–H and O–H groups in total. The van der Waals surface area contributed by atoms with Crippen molar-refractivity contribution in [2.24, 2.45) is 5.92 Å². The fourth-order valence-electron chi connectivity index (χ4n) is 1.96. The first-order chi connectivity index (χ1) is 8.99. The summed E-state index contributed by atoms with van der Waals surface area (Å²) in [6.07, 6.45) is 2.08. The van der Waals surface area contributed by atoms with Crippen molar-refractivity contribution in [3.63, 3.8) is 0 Å². The number of phenols is 2. The van der Waals surface area contributed by atoms with Gasteiger partial charge in [-0.25, -0.2) is 0 Å². The number of amides is 1. The van der Waals surface area contributed by atoms with Crippen molar-refractivity contribution in [2.45, 2.75) is 31.5 Å². The summed E-state index contributed by atoms with van der Waals surface area (Å²) in [4.78, 5) is 12.1. The van der Waals surface area contributed by atoms with Crippen molar-refractivity contribution in [1.29, 1.82) is 0 Å². The first-order valence-electron chi connectivity index (χ1n) is 6.43. The van der Waals surface area contributed by atoms with E-state index in [0.717, 1.165) is 12.8 Å². The third kappa shape index (κ3) is 4.42. The van der Waals surface area contributed by atoms with E-state index in [4.69, 9.17) is 0 Å². The molecule has 0 fully saturated rings. The Kier molecular flexibility index (Phi) is 6.15. The van der Waals surface area contributed by atoms with Gasteiger partial charge >= 0.3 is 0 Å². The molecule has 4 nitrogen and oxygen atoms in total. The highest BCUT2D eigenvalue weighted by molar-refractivity contribution is 9.09. The summed E-state index contributed by atoms with van der Waals surface area (Å²) in [5.74, 6) is -0.0656. The smallest absolute Gasteiger partial charge is 0.255 e. The van der Waals surface area contributed by atoms with Crippen LogP contribution >= 0.6 is 15.9 Å². The number of carbonyl (C=O) groups excluding carboxylic acids is 1. The Morgan fingerprint density at radius 3 is 2.53 bits per heavy atom. The average molecular weight is 330 g/mol. The Hall–Kier alpha value is -1.23. The molecule has 1 aromatic carbocycles. The third-order valence-corrected chi connectivity index (χ3v) is 4.31. The predicted molar refractivity (Wildman–Crippen MR) is 78.9 cm³/mol. The highest BCUT2D eigenvalue weighted by Crippen LogP contribution is 2.23. The number of aromatic hydroxyl groups is 2. The van der Waals surface area contributed by atoms with Crippen LogP contribution in [0.2, 0.25) is 0 Å². The SMILES string of the molecule is CCC(CC)C(Br)CNC(=O)c1cc(O)ccc1O. The van der Waals surface area contributed by atoms with E-state index in [1.165, 1.54) is 18.2 Å². The normalized spacial score (nSPS) is 12.4. The first-order valence-corrected chi connectivity index (χ1v) is 7.35. The summed E-state index contributed by atoms with van der Waals surface area (Å²) >= 11 is 3.57. The topological polar surface area (TPSA) is 69.6 Å². The Bertz CT molecular complexity index is 433. The number of benzene rings is 1. The molecule has 0 spiro atoms. The van der Waals surface area contributed by atoms with Crippen LogP contribution in [0.3, 0.4) is 0 Å². The lowest BCUT2D eigenvalue weighted by atomic mass is 9.99. The predicted octanol–water partition coefficient (Wildman–Crippen LogP) is 3.03. The Morgan fingerprint density at radius 1 is 1.32 bits per heavy atom. The van der Waals surface area contributed by atoms with E-state index in [-0.39, 0.29) is 27.8 Å². The molecule has 19 heavy (non-hydrogen) atoms. The second kappa shape index (κ2) is 7.38. The van der Waals surface area contributed by atoms with Crippen molar-refractivity contribution < 1.29 is 15.0 Å². The van der Waals surface area contributed by atoms with Crippen LogP contribution in [0.5, 0.6) is 11.5 Å². The fraction of sp³-hybridized carbons (Fsp3) is 0.500. The van der Waals surface area contributed by atoms with Gasteiger partial charge in [-0.3, -0.25) is 4.79 Å². The van der Waals surface area contributed by atoms with Crippen LogP contribution in [0.1, 0.15) is 37.0 Å². The van der Waals surface area contributed by atoms with Gasteiger partial charge in [0.1, 0.15) is 11.5 Å². The zero-order chi connectivity index (χ0) is 14.4. The molecule has 5 heteroatoms. The molecule has 0 aliphatic carbocycles. The molecule has 1 amide bonds. The van der Waals surface area contributed by atoms with Gasteiger partial charge in [0, 0.05) is 11.4 Å². The Labute approximate surface area is 122 Å². The van der Waals surface area contributed by atoms with E-state index >= 15 is 0 Å². The first kappa shape index (κ1) is 15.8. The van der Waals surface area contributed by atoms with Crippen molar-refractivity contribution >= 4 is 21.8 Å². The number of phenolic OH excluding ortho intramolecular Hbond substituents is 2. The van der Waals surface area contributed by atoms with Crippen LogP contribution in [0, 0.1) is 5.92 Å². The molecule has 106 valence electrons. The molecule has 0 aliphatic heterocycles. The fourth-order valence-corrected chi connectivity index (χ4v) is 2.87. The van der Waals surface area contributed by atoms with Crippen LogP contribution in [-0.2, 0) is 0 Å². The molecule has 0 aliphatic rings. The van der Waals surface area contributed by atoms with Crippen molar-refractivity contribution in [3.8, 4) is 11.5 Å². The van der Waals surface area contributed by atoms with E-state index in [9.17, 15) is 15.0 Å². The summed E-state index contributed by atoms with van der Waals surface area (Å²) < 4.78 is 0. The lowest BCUT2D eigenvalue weighted by Crippen LogP contribution is -2.32. The largest absolute Gasteiger partial charge is 0.508 e. The highest BCUT2D eigenvalue weighted by atomic mass is 79.9. The van der Waals surface area contributed by atoms with Gasteiger partial charge in [-0.05, 0) is 24.1 Å². The molecular formula is C14H20BrNO3. The van der Waals surface area contributed by atoms with Gasteiger partial charge in [0.25, 0.3) is 5.91 Å². The number of nitrogens with one attached hydrogen (secondary N) is 1. The Morgan fingerprint density at radius 2 is 1.95 bits per heavy atom. The van der Waals surface area contributed by atoms with Gasteiger partial charge in [-0.15, -0.1) is 0 Å². The summed E-state index contributed by atoms with van der Waals surface area (Å²) in [5, 5.41) is 21.7. The number of alkyl halides is 1. The van der Waals surface area contributed by atoms with Gasteiger partial charge in [0.15, 0.2) is 0 Å². The van der Waals surface area contributed by atoms with E-state index in [2.05, 4.69) is 35.1 Å². The average Bonchev–Trinajstić information content (AvgIpc) is 2.40. The van der Waals surface area contributed by atoms with Crippen LogP contribution in [0.25, 0.3) is 0 Å². The van der Waals surface area contributed by atoms with Gasteiger partial charge in [-0.2, -0.15) is 0 Å². The summed E-state index contributed by atoms with van der Waals surface area (Å²) in [5.41, 5.74) is 0.0873. The molecule has 1 unspecified atom stereocenters. The van der Waals surface area contributed by atoms with Crippen LogP contribution in [0.4, 0.5) is 0 Å². The van der Waals surface area contributed by atoms with Gasteiger partial charge in [-0.1, -0.05) is 42.6 Å². The molecule has 0 saturated heterocycles. The maximum Gasteiger partial charge on any atom is 0.255 e. The lowest BCUT2D eigenvalue weighted by molar-refractivity contribution is 0.0949. The van der Waals surface area contributed by atoms with Crippen molar-refractivity contribution in [3.05, 3.63) is 23.8 Å². The van der Waals surface area contributed by atoms with Gasteiger partial charge in [0.05, 0.1) is 5.56 Å². The lowest BCUT2D eigenvalue weighted by Gasteiger charge is -2.20. The highest BCUT2D eigenvalue weighted by Gasteiger charge is 2.18. The number of carbonyl (C=O) groups is 1. The van der Waals surface area contributed by atoms with Crippen LogP contribution in [-0.4, -0.2) is 27.5 Å². The number of rotatable bonds is 6. The third-order valence-electron chi connectivity index (χ3n) is 3.24. The van der Waals surface area contributed by atoms with E-state index < -0.39 is 0 Å². The minimum Gasteiger partial charge on any atom is -0.508 e. The van der Waals surface area contributed by atoms with Crippen LogP contribution in [0.15, 0.2) is 18.2 Å². The minimum atomic E-state index is -0.385. The molecule has 1 rings (SSSR count). The molecular weight excluding hydrogens is 310 g/mol. The molecule has 0 saturated carbocycles. The van der Waals surface area contributed by atoms with E-state index in [1.54, 1.807) is 0 Å². The second-order valence-electron chi connectivity index (χ2n) is 4.50. The number of hydrogen-bond acceptors (Lipinski definition) is 3. The summed E-state index contributed by atoms with van der Waals surface area (Å²) in [7, 11) is 0.